The predicted molar refractivity (Wildman–Crippen MR) is 80.9 cm³/mol. The lowest BCUT2D eigenvalue weighted by Gasteiger charge is -2.27. The fourth-order valence-corrected chi connectivity index (χ4v) is 2.42. The minimum absolute atomic E-state index is 0.252. The second-order valence-electron chi connectivity index (χ2n) is 5.54. The third-order valence-corrected chi connectivity index (χ3v) is 3.97. The Hall–Kier alpha value is -2.48. The van der Waals surface area contributed by atoms with E-state index in [4.69, 9.17) is 0 Å². The first-order valence-corrected chi connectivity index (χ1v) is 7.03. The van der Waals surface area contributed by atoms with Crippen molar-refractivity contribution in [2.24, 2.45) is 20.0 Å². The lowest BCUT2D eigenvalue weighted by atomic mass is 10.0. The number of hydrogen-bond acceptors (Lipinski definition) is 5. The van der Waals surface area contributed by atoms with E-state index in [-0.39, 0.29) is 16.9 Å². The van der Waals surface area contributed by atoms with Crippen LogP contribution in [0.2, 0.25) is 0 Å². The van der Waals surface area contributed by atoms with Crippen molar-refractivity contribution in [1.82, 2.24) is 24.8 Å². The van der Waals surface area contributed by atoms with Crippen molar-refractivity contribution in [2.45, 2.75) is 0 Å². The summed E-state index contributed by atoms with van der Waals surface area (Å²) in [6.07, 6.45) is 1.38. The second kappa shape index (κ2) is 5.38. The van der Waals surface area contributed by atoms with Crippen molar-refractivity contribution in [2.75, 3.05) is 19.6 Å². The molecule has 0 saturated carbocycles. The molecular formula is C14H17N5O3. The molecule has 1 aliphatic heterocycles. The monoisotopic (exact) mass is 303 g/mol. The van der Waals surface area contributed by atoms with Gasteiger partial charge in [-0.1, -0.05) is 0 Å². The Bertz CT molecular complexity index is 863. The van der Waals surface area contributed by atoms with Crippen molar-refractivity contribution in [3.63, 3.8) is 0 Å². The number of hydrogen-bond donors (Lipinski definition) is 2. The number of aryl methyl sites for hydroxylation is 1. The molecule has 0 spiro atoms. The van der Waals surface area contributed by atoms with Crippen LogP contribution in [-0.2, 0) is 14.1 Å². The molecule has 8 heteroatoms. The van der Waals surface area contributed by atoms with Crippen LogP contribution in [-0.4, -0.2) is 39.7 Å². The number of carbonyl (C=O) groups excluding carboxylic acids is 1. The second-order valence-corrected chi connectivity index (χ2v) is 5.54. The van der Waals surface area contributed by atoms with Crippen LogP contribution in [0.4, 0.5) is 0 Å². The molecule has 0 aliphatic carbocycles. The van der Waals surface area contributed by atoms with Gasteiger partial charge in [0.1, 0.15) is 5.65 Å². The largest absolute Gasteiger partial charge is 0.352 e. The zero-order chi connectivity index (χ0) is 15.9. The Labute approximate surface area is 125 Å². The Morgan fingerprint density at radius 2 is 2.09 bits per heavy atom. The van der Waals surface area contributed by atoms with Gasteiger partial charge in [-0.15, -0.1) is 0 Å². The van der Waals surface area contributed by atoms with Crippen LogP contribution in [0.15, 0.2) is 21.9 Å². The summed E-state index contributed by atoms with van der Waals surface area (Å²) in [5, 5.41) is 6.22. The molecule has 0 unspecified atom stereocenters. The highest BCUT2D eigenvalue weighted by Crippen LogP contribution is 2.08. The van der Waals surface area contributed by atoms with E-state index in [0.29, 0.717) is 18.0 Å². The number of fused-ring (bicyclic) bond motifs is 1. The lowest BCUT2D eigenvalue weighted by Crippen LogP contribution is -2.48. The normalized spacial score (nSPS) is 14.8. The van der Waals surface area contributed by atoms with Crippen molar-refractivity contribution in [1.29, 1.82) is 0 Å². The third kappa shape index (κ3) is 2.31. The SMILES string of the molecule is Cn1c(=O)c2cc(C(=O)NCC3CNC3)cnc2n(C)c1=O. The van der Waals surface area contributed by atoms with Crippen LogP contribution in [0.25, 0.3) is 11.0 Å². The van der Waals surface area contributed by atoms with Crippen molar-refractivity contribution < 1.29 is 4.79 Å². The highest BCUT2D eigenvalue weighted by molar-refractivity contribution is 5.96. The van der Waals surface area contributed by atoms with Crippen LogP contribution >= 0.6 is 0 Å². The molecule has 0 atom stereocenters. The molecule has 8 nitrogen and oxygen atoms in total. The molecule has 0 aromatic carbocycles. The van der Waals surface area contributed by atoms with Crippen LogP contribution < -0.4 is 21.9 Å². The fraction of sp³-hybridized carbons (Fsp3) is 0.429. The summed E-state index contributed by atoms with van der Waals surface area (Å²) >= 11 is 0. The van der Waals surface area contributed by atoms with Crippen molar-refractivity contribution in [3.8, 4) is 0 Å². The quantitative estimate of drug-likeness (QED) is 0.725. The molecule has 3 rings (SSSR count). The summed E-state index contributed by atoms with van der Waals surface area (Å²) in [4.78, 5) is 40.2. The number of pyridine rings is 1. The molecule has 1 aliphatic rings. The number of carbonyl (C=O) groups is 1. The molecule has 1 amide bonds. The molecule has 1 saturated heterocycles. The first kappa shape index (κ1) is 14.5. The maximum atomic E-state index is 12.2. The number of nitrogens with one attached hydrogen (secondary N) is 2. The summed E-state index contributed by atoms with van der Waals surface area (Å²) in [5.41, 5.74) is -0.313. The van der Waals surface area contributed by atoms with E-state index in [1.54, 1.807) is 7.05 Å². The molecule has 0 bridgehead atoms. The van der Waals surface area contributed by atoms with Crippen LogP contribution in [0.5, 0.6) is 0 Å². The van der Waals surface area contributed by atoms with Gasteiger partial charge in [-0.3, -0.25) is 18.7 Å². The molecule has 1 fully saturated rings. The number of nitrogens with zero attached hydrogens (tertiary/aromatic N) is 3. The van der Waals surface area contributed by atoms with Gasteiger partial charge in [-0.25, -0.2) is 9.78 Å². The van der Waals surface area contributed by atoms with Gasteiger partial charge in [0.25, 0.3) is 11.5 Å². The lowest BCUT2D eigenvalue weighted by molar-refractivity contribution is 0.0942. The predicted octanol–water partition coefficient (Wildman–Crippen LogP) is -1.42. The first-order chi connectivity index (χ1) is 10.5. The van der Waals surface area contributed by atoms with E-state index in [1.165, 1.54) is 23.9 Å². The van der Waals surface area contributed by atoms with E-state index < -0.39 is 11.2 Å². The van der Waals surface area contributed by atoms with Gasteiger partial charge >= 0.3 is 5.69 Å². The average molecular weight is 303 g/mol. The Morgan fingerprint density at radius 1 is 1.36 bits per heavy atom. The molecule has 2 N–H and O–H groups in total. The van der Waals surface area contributed by atoms with E-state index in [9.17, 15) is 14.4 Å². The number of aromatic nitrogens is 3. The van der Waals surface area contributed by atoms with Crippen LogP contribution in [0.1, 0.15) is 10.4 Å². The molecule has 3 heterocycles. The molecule has 2 aromatic rings. The standard InChI is InChI=1S/C14H17N5O3/c1-18-11-10(13(21)19(2)14(18)22)3-9(7-16-11)12(20)17-6-8-4-15-5-8/h3,7-8,15H,4-6H2,1-2H3,(H,17,20). The van der Waals surface area contributed by atoms with E-state index in [2.05, 4.69) is 15.6 Å². The highest BCUT2D eigenvalue weighted by Gasteiger charge is 2.18. The average Bonchev–Trinajstić information content (AvgIpc) is 2.48. The van der Waals surface area contributed by atoms with Gasteiger partial charge in [0.15, 0.2) is 0 Å². The minimum Gasteiger partial charge on any atom is -0.352 e. The highest BCUT2D eigenvalue weighted by atomic mass is 16.2. The van der Waals surface area contributed by atoms with Gasteiger partial charge in [0.2, 0.25) is 0 Å². The summed E-state index contributed by atoms with van der Waals surface area (Å²) in [6, 6.07) is 1.48. The Kier molecular flexibility index (Phi) is 3.53. The molecule has 22 heavy (non-hydrogen) atoms. The van der Waals surface area contributed by atoms with E-state index >= 15 is 0 Å². The third-order valence-electron chi connectivity index (χ3n) is 3.97. The van der Waals surface area contributed by atoms with Crippen molar-refractivity contribution >= 4 is 16.9 Å². The van der Waals surface area contributed by atoms with Gasteiger partial charge in [0, 0.05) is 45.8 Å². The Morgan fingerprint density at radius 3 is 2.73 bits per heavy atom. The van der Waals surface area contributed by atoms with E-state index in [1.807, 2.05) is 0 Å². The summed E-state index contributed by atoms with van der Waals surface area (Å²) in [7, 11) is 2.95. The zero-order valence-corrected chi connectivity index (χ0v) is 12.4. The summed E-state index contributed by atoms with van der Waals surface area (Å²) < 4.78 is 2.30. The summed E-state index contributed by atoms with van der Waals surface area (Å²) in [6.45, 7) is 2.40. The molecule has 0 radical (unpaired) electrons. The minimum atomic E-state index is -0.455. The van der Waals surface area contributed by atoms with Gasteiger partial charge < -0.3 is 10.6 Å². The summed E-state index contributed by atoms with van der Waals surface area (Å²) in [5.74, 6) is 0.184. The zero-order valence-electron chi connectivity index (χ0n) is 12.4. The van der Waals surface area contributed by atoms with Crippen LogP contribution in [0.3, 0.4) is 0 Å². The topological polar surface area (TPSA) is 98.0 Å². The van der Waals surface area contributed by atoms with Crippen molar-refractivity contribution in [3.05, 3.63) is 38.7 Å². The van der Waals surface area contributed by atoms with E-state index in [0.717, 1.165) is 17.7 Å². The molecular weight excluding hydrogens is 286 g/mol. The van der Waals surface area contributed by atoms with Crippen LogP contribution in [0, 0.1) is 5.92 Å². The van der Waals surface area contributed by atoms with Gasteiger partial charge in [-0.05, 0) is 6.07 Å². The first-order valence-electron chi connectivity index (χ1n) is 7.03. The van der Waals surface area contributed by atoms with Gasteiger partial charge in [0.05, 0.1) is 10.9 Å². The smallest absolute Gasteiger partial charge is 0.332 e. The Balaban J connectivity index is 1.97. The van der Waals surface area contributed by atoms with Gasteiger partial charge in [-0.2, -0.15) is 0 Å². The maximum Gasteiger partial charge on any atom is 0.332 e. The number of rotatable bonds is 3. The fourth-order valence-electron chi connectivity index (χ4n) is 2.42. The molecule has 116 valence electrons. The molecule has 2 aromatic heterocycles. The maximum absolute atomic E-state index is 12.2. The number of amides is 1.